The molecular weight excluding hydrogens is 362 g/mol. The van der Waals surface area contributed by atoms with Crippen LogP contribution in [0.15, 0.2) is 33.6 Å². The fourth-order valence-electron chi connectivity index (χ4n) is 2.65. The van der Waals surface area contributed by atoms with Gasteiger partial charge in [0.15, 0.2) is 3.92 Å². The average Bonchev–Trinajstić information content (AvgIpc) is 2.95. The molecule has 22 heavy (non-hydrogen) atoms. The monoisotopic (exact) mass is 379 g/mol. The van der Waals surface area contributed by atoms with Crippen LogP contribution in [0.1, 0.15) is 30.3 Å². The molecule has 0 atom stereocenters. The highest BCUT2D eigenvalue weighted by molar-refractivity contribution is 9.11. The second kappa shape index (κ2) is 6.79. The number of thiazole rings is 1. The van der Waals surface area contributed by atoms with Crippen LogP contribution in [0.4, 0.5) is 11.4 Å². The molecule has 1 aromatic carbocycles. The minimum absolute atomic E-state index is 0.167. The molecule has 116 valence electrons. The molecule has 0 saturated carbocycles. The first kappa shape index (κ1) is 15.5. The van der Waals surface area contributed by atoms with Gasteiger partial charge in [-0.2, -0.15) is 0 Å². The van der Waals surface area contributed by atoms with Gasteiger partial charge in [-0.15, -0.1) is 11.3 Å². The molecule has 0 radical (unpaired) electrons. The third-order valence-corrected chi connectivity index (χ3v) is 5.35. The summed E-state index contributed by atoms with van der Waals surface area (Å²) in [6, 6.07) is 7.99. The number of nitrogens with zero attached hydrogens (tertiary/aromatic N) is 2. The molecule has 0 unspecified atom stereocenters. The Hall–Kier alpha value is -1.40. The molecule has 1 aliphatic heterocycles. The Morgan fingerprint density at radius 2 is 2.09 bits per heavy atom. The van der Waals surface area contributed by atoms with Crippen molar-refractivity contribution in [3.8, 4) is 0 Å². The summed E-state index contributed by atoms with van der Waals surface area (Å²) in [4.78, 5) is 18.8. The van der Waals surface area contributed by atoms with Gasteiger partial charge in [0.25, 0.3) is 5.91 Å². The first-order valence-electron chi connectivity index (χ1n) is 7.40. The summed E-state index contributed by atoms with van der Waals surface area (Å²) in [6.07, 6.45) is 2.39. The lowest BCUT2D eigenvalue weighted by molar-refractivity contribution is 0.102. The molecule has 0 bridgehead atoms. The van der Waals surface area contributed by atoms with Crippen LogP contribution in [0.2, 0.25) is 0 Å². The molecule has 1 saturated heterocycles. The van der Waals surface area contributed by atoms with Gasteiger partial charge in [0.1, 0.15) is 5.69 Å². The SMILES string of the molecule is CC1CCN(c2ccccc2NC(=O)c2csc(Br)n2)CC1. The smallest absolute Gasteiger partial charge is 0.275 e. The first-order chi connectivity index (χ1) is 10.6. The van der Waals surface area contributed by atoms with Crippen molar-refractivity contribution in [2.24, 2.45) is 5.92 Å². The van der Waals surface area contributed by atoms with Crippen LogP contribution in [0.3, 0.4) is 0 Å². The van der Waals surface area contributed by atoms with E-state index in [0.29, 0.717) is 5.69 Å². The van der Waals surface area contributed by atoms with E-state index in [0.717, 1.165) is 34.3 Å². The summed E-state index contributed by atoms with van der Waals surface area (Å²) in [5, 5.41) is 4.75. The van der Waals surface area contributed by atoms with Crippen LogP contribution < -0.4 is 10.2 Å². The molecule has 2 aromatic rings. The van der Waals surface area contributed by atoms with Gasteiger partial charge in [-0.3, -0.25) is 4.79 Å². The van der Waals surface area contributed by atoms with Crippen molar-refractivity contribution in [2.45, 2.75) is 19.8 Å². The lowest BCUT2D eigenvalue weighted by atomic mass is 9.98. The molecule has 2 heterocycles. The van der Waals surface area contributed by atoms with E-state index in [1.165, 1.54) is 24.2 Å². The van der Waals surface area contributed by atoms with Gasteiger partial charge in [0.05, 0.1) is 11.4 Å². The molecule has 1 fully saturated rings. The van der Waals surface area contributed by atoms with E-state index in [1.807, 2.05) is 18.2 Å². The topological polar surface area (TPSA) is 45.2 Å². The zero-order chi connectivity index (χ0) is 15.5. The van der Waals surface area contributed by atoms with Gasteiger partial charge in [0.2, 0.25) is 0 Å². The lowest BCUT2D eigenvalue weighted by Gasteiger charge is -2.33. The Morgan fingerprint density at radius 1 is 1.36 bits per heavy atom. The highest BCUT2D eigenvalue weighted by Crippen LogP contribution is 2.30. The number of halogens is 1. The summed E-state index contributed by atoms with van der Waals surface area (Å²) >= 11 is 4.70. The zero-order valence-corrected chi connectivity index (χ0v) is 14.8. The largest absolute Gasteiger partial charge is 0.370 e. The maximum Gasteiger partial charge on any atom is 0.275 e. The van der Waals surface area contributed by atoms with Crippen LogP contribution in [0, 0.1) is 5.92 Å². The maximum absolute atomic E-state index is 12.3. The number of nitrogens with one attached hydrogen (secondary N) is 1. The van der Waals surface area contributed by atoms with Crippen molar-refractivity contribution < 1.29 is 4.79 Å². The van der Waals surface area contributed by atoms with Gasteiger partial charge >= 0.3 is 0 Å². The number of piperidine rings is 1. The van der Waals surface area contributed by atoms with E-state index in [1.54, 1.807) is 5.38 Å². The molecule has 3 rings (SSSR count). The second-order valence-electron chi connectivity index (χ2n) is 5.63. The quantitative estimate of drug-likeness (QED) is 0.859. The average molecular weight is 380 g/mol. The normalized spacial score (nSPS) is 15.8. The maximum atomic E-state index is 12.3. The number of carbonyl (C=O) groups is 1. The molecule has 0 aliphatic carbocycles. The summed E-state index contributed by atoms with van der Waals surface area (Å²) in [6.45, 7) is 4.37. The number of para-hydroxylation sites is 2. The molecule has 1 aromatic heterocycles. The van der Waals surface area contributed by atoms with E-state index in [4.69, 9.17) is 0 Å². The van der Waals surface area contributed by atoms with Gasteiger partial charge < -0.3 is 10.2 Å². The Bertz CT molecular complexity index is 665. The number of anilines is 2. The van der Waals surface area contributed by atoms with E-state index in [9.17, 15) is 4.79 Å². The number of benzene rings is 1. The fourth-order valence-corrected chi connectivity index (χ4v) is 3.64. The van der Waals surface area contributed by atoms with E-state index < -0.39 is 0 Å². The highest BCUT2D eigenvalue weighted by atomic mass is 79.9. The Morgan fingerprint density at radius 3 is 2.77 bits per heavy atom. The van der Waals surface area contributed by atoms with Crippen LogP contribution in [-0.4, -0.2) is 24.0 Å². The Labute approximate surface area is 142 Å². The lowest BCUT2D eigenvalue weighted by Crippen LogP contribution is -2.33. The van der Waals surface area contributed by atoms with Gasteiger partial charge in [0, 0.05) is 18.5 Å². The summed E-state index contributed by atoms with van der Waals surface area (Å²) in [5.74, 6) is 0.616. The van der Waals surface area contributed by atoms with Crippen molar-refractivity contribution in [2.75, 3.05) is 23.3 Å². The van der Waals surface area contributed by atoms with Crippen molar-refractivity contribution in [1.82, 2.24) is 4.98 Å². The Kier molecular flexibility index (Phi) is 4.78. The van der Waals surface area contributed by atoms with Crippen LogP contribution >= 0.6 is 27.3 Å². The summed E-state index contributed by atoms with van der Waals surface area (Å²) in [5.41, 5.74) is 2.39. The van der Waals surface area contributed by atoms with Gasteiger partial charge in [-0.1, -0.05) is 19.1 Å². The summed E-state index contributed by atoms with van der Waals surface area (Å²) in [7, 11) is 0. The van der Waals surface area contributed by atoms with E-state index >= 15 is 0 Å². The standard InChI is InChI=1S/C16H18BrN3OS/c1-11-6-8-20(9-7-11)14-5-3-2-4-12(14)18-15(21)13-10-22-16(17)19-13/h2-5,10-11H,6-9H2,1H3,(H,18,21). The van der Waals surface area contributed by atoms with Crippen molar-refractivity contribution in [3.05, 3.63) is 39.3 Å². The third kappa shape index (κ3) is 3.50. The molecule has 1 aliphatic rings. The van der Waals surface area contributed by atoms with Crippen LogP contribution in [0.25, 0.3) is 0 Å². The molecule has 1 N–H and O–H groups in total. The second-order valence-corrected chi connectivity index (χ2v) is 7.76. The fraction of sp³-hybridized carbons (Fsp3) is 0.375. The number of hydrogen-bond acceptors (Lipinski definition) is 4. The molecule has 4 nitrogen and oxygen atoms in total. The number of aromatic nitrogens is 1. The molecule has 1 amide bonds. The predicted octanol–water partition coefficient (Wildman–Crippen LogP) is 4.39. The first-order valence-corrected chi connectivity index (χ1v) is 9.07. The van der Waals surface area contributed by atoms with Crippen LogP contribution in [0.5, 0.6) is 0 Å². The third-order valence-electron chi connectivity index (χ3n) is 3.99. The number of hydrogen-bond donors (Lipinski definition) is 1. The van der Waals surface area contributed by atoms with E-state index in [2.05, 4.69) is 44.1 Å². The van der Waals surface area contributed by atoms with Crippen molar-refractivity contribution in [1.29, 1.82) is 0 Å². The Balaban J connectivity index is 1.78. The van der Waals surface area contributed by atoms with Gasteiger partial charge in [-0.05, 0) is 46.8 Å². The predicted molar refractivity (Wildman–Crippen MR) is 94.8 cm³/mol. The zero-order valence-electron chi connectivity index (χ0n) is 12.4. The minimum Gasteiger partial charge on any atom is -0.370 e. The molecule has 6 heteroatoms. The number of rotatable bonds is 3. The highest BCUT2D eigenvalue weighted by Gasteiger charge is 2.19. The van der Waals surface area contributed by atoms with Crippen molar-refractivity contribution in [3.63, 3.8) is 0 Å². The molecule has 0 spiro atoms. The number of amides is 1. The number of carbonyl (C=O) groups excluding carboxylic acids is 1. The van der Waals surface area contributed by atoms with Crippen molar-refractivity contribution >= 4 is 44.5 Å². The summed E-state index contributed by atoms with van der Waals surface area (Å²) < 4.78 is 0.718. The van der Waals surface area contributed by atoms with E-state index in [-0.39, 0.29) is 5.91 Å². The van der Waals surface area contributed by atoms with Gasteiger partial charge in [-0.25, -0.2) is 4.98 Å². The molecular formula is C16H18BrN3OS. The minimum atomic E-state index is -0.167. The van der Waals surface area contributed by atoms with Crippen LogP contribution in [-0.2, 0) is 0 Å².